The van der Waals surface area contributed by atoms with Crippen LogP contribution in [0.1, 0.15) is 27.9 Å². The van der Waals surface area contributed by atoms with E-state index in [-0.39, 0.29) is 30.3 Å². The van der Waals surface area contributed by atoms with Gasteiger partial charge in [0.15, 0.2) is 5.82 Å². The van der Waals surface area contributed by atoms with Gasteiger partial charge in [0.1, 0.15) is 22.9 Å². The molecule has 176 valence electrons. The van der Waals surface area contributed by atoms with Gasteiger partial charge in [-0.05, 0) is 29.8 Å². The number of alkyl halides is 3. The average Bonchev–Trinajstić information content (AvgIpc) is 3.18. The second-order valence-corrected chi connectivity index (χ2v) is 6.96. The summed E-state index contributed by atoms with van der Waals surface area (Å²) in [7, 11) is 1.51. The van der Waals surface area contributed by atoms with Gasteiger partial charge in [0.2, 0.25) is 0 Å². The number of anilines is 1. The minimum atomic E-state index is -4.63. The Bertz CT molecular complexity index is 1090. The number of ether oxygens (including phenoxy) is 2. The number of amides is 1. The molecule has 0 aliphatic carbocycles. The van der Waals surface area contributed by atoms with Crippen molar-refractivity contribution < 1.29 is 36.2 Å². The molecule has 2 aromatic carbocycles. The fourth-order valence-corrected chi connectivity index (χ4v) is 3.02. The molecule has 0 saturated carbocycles. The van der Waals surface area contributed by atoms with E-state index in [2.05, 4.69) is 10.4 Å². The number of benzene rings is 2. The van der Waals surface area contributed by atoms with E-state index in [1.807, 2.05) is 0 Å². The number of carbonyl (C=O) groups is 1. The highest BCUT2D eigenvalue weighted by Gasteiger charge is 2.34. The van der Waals surface area contributed by atoms with E-state index < -0.39 is 34.8 Å². The van der Waals surface area contributed by atoms with Crippen LogP contribution in [0.4, 0.5) is 27.8 Å². The fraction of sp³-hybridized carbons (Fsp3) is 0.273. The van der Waals surface area contributed by atoms with Crippen LogP contribution in [-0.4, -0.2) is 36.0 Å². The van der Waals surface area contributed by atoms with Gasteiger partial charge in [0, 0.05) is 32.4 Å². The van der Waals surface area contributed by atoms with E-state index >= 15 is 0 Å². The van der Waals surface area contributed by atoms with Gasteiger partial charge in [-0.2, -0.15) is 18.3 Å². The van der Waals surface area contributed by atoms with Crippen molar-refractivity contribution in [1.29, 1.82) is 0 Å². The third-order valence-corrected chi connectivity index (χ3v) is 4.55. The molecule has 33 heavy (non-hydrogen) atoms. The summed E-state index contributed by atoms with van der Waals surface area (Å²) in [5.74, 6) is -3.17. The average molecular weight is 469 g/mol. The maximum absolute atomic E-state index is 13.8. The first-order valence-electron chi connectivity index (χ1n) is 9.79. The molecule has 1 N–H and O–H groups in total. The van der Waals surface area contributed by atoms with E-state index in [9.17, 15) is 26.7 Å². The topological polar surface area (TPSA) is 65.4 Å². The van der Waals surface area contributed by atoms with E-state index in [1.165, 1.54) is 31.5 Å². The lowest BCUT2D eigenvalue weighted by Gasteiger charge is -2.15. The summed E-state index contributed by atoms with van der Waals surface area (Å²) in [5, 5.41) is 6.20. The molecule has 6 nitrogen and oxygen atoms in total. The molecule has 11 heteroatoms. The summed E-state index contributed by atoms with van der Waals surface area (Å²) >= 11 is 0. The standard InChI is InChI=1S/C22H20F5N3O3/c1-32-10-3-11-33-15-7-6-14(16(12-15)22(25,26)27)13-30-9-8-19(29-30)28-21(31)20-17(23)4-2-5-18(20)24/h2,4-9,12H,3,10-11,13H2,1H3,(H,28,29,31). The molecule has 0 bridgehead atoms. The Labute approximate surface area is 185 Å². The van der Waals surface area contributed by atoms with Crippen LogP contribution in [0.2, 0.25) is 0 Å². The van der Waals surface area contributed by atoms with Crippen molar-refractivity contribution in [3.8, 4) is 5.75 Å². The molecule has 1 amide bonds. The zero-order valence-electron chi connectivity index (χ0n) is 17.5. The molecule has 0 radical (unpaired) electrons. The third-order valence-electron chi connectivity index (χ3n) is 4.55. The zero-order valence-corrected chi connectivity index (χ0v) is 17.5. The Kier molecular flexibility index (Phi) is 7.64. The number of hydrogen-bond donors (Lipinski definition) is 1. The number of nitrogens with one attached hydrogen (secondary N) is 1. The zero-order chi connectivity index (χ0) is 24.0. The first kappa shape index (κ1) is 24.2. The first-order chi connectivity index (χ1) is 15.7. The Morgan fingerprint density at radius 3 is 2.48 bits per heavy atom. The normalized spacial score (nSPS) is 11.5. The Morgan fingerprint density at radius 2 is 1.82 bits per heavy atom. The van der Waals surface area contributed by atoms with Crippen LogP contribution in [0.15, 0.2) is 48.7 Å². The molecule has 0 atom stereocenters. The third kappa shape index (κ3) is 6.28. The van der Waals surface area contributed by atoms with Crippen molar-refractivity contribution in [3.05, 3.63) is 77.0 Å². The molecule has 3 aromatic rings. The number of carbonyl (C=O) groups excluding carboxylic acids is 1. The van der Waals surface area contributed by atoms with E-state index in [0.29, 0.717) is 13.0 Å². The summed E-state index contributed by atoms with van der Waals surface area (Å²) < 4.78 is 79.6. The Morgan fingerprint density at radius 1 is 1.09 bits per heavy atom. The van der Waals surface area contributed by atoms with Gasteiger partial charge in [-0.25, -0.2) is 8.78 Å². The van der Waals surface area contributed by atoms with Crippen molar-refractivity contribution in [1.82, 2.24) is 9.78 Å². The van der Waals surface area contributed by atoms with Crippen LogP contribution >= 0.6 is 0 Å². The van der Waals surface area contributed by atoms with Crippen LogP contribution in [0, 0.1) is 11.6 Å². The molecule has 0 aliphatic heterocycles. The second-order valence-electron chi connectivity index (χ2n) is 6.96. The predicted molar refractivity (Wildman–Crippen MR) is 109 cm³/mol. The van der Waals surface area contributed by atoms with Gasteiger partial charge in [-0.3, -0.25) is 9.48 Å². The number of rotatable bonds is 9. The molecular weight excluding hydrogens is 449 g/mol. The largest absolute Gasteiger partial charge is 0.493 e. The van der Waals surface area contributed by atoms with E-state index in [0.717, 1.165) is 28.9 Å². The van der Waals surface area contributed by atoms with E-state index in [1.54, 1.807) is 0 Å². The highest BCUT2D eigenvalue weighted by molar-refractivity contribution is 6.04. The molecule has 0 fully saturated rings. The summed E-state index contributed by atoms with van der Waals surface area (Å²) in [6.45, 7) is 0.365. The quantitative estimate of drug-likeness (QED) is 0.358. The fourth-order valence-electron chi connectivity index (χ4n) is 3.02. The highest BCUT2D eigenvalue weighted by Crippen LogP contribution is 2.35. The summed E-state index contributed by atoms with van der Waals surface area (Å²) in [5.41, 5.74) is -1.75. The van der Waals surface area contributed by atoms with Crippen LogP contribution in [0.25, 0.3) is 0 Å². The smallest absolute Gasteiger partial charge is 0.416 e. The van der Waals surface area contributed by atoms with Gasteiger partial charge in [0.05, 0.1) is 18.7 Å². The van der Waals surface area contributed by atoms with Gasteiger partial charge in [-0.15, -0.1) is 0 Å². The van der Waals surface area contributed by atoms with Crippen molar-refractivity contribution in [2.24, 2.45) is 0 Å². The molecule has 3 rings (SSSR count). The molecule has 0 unspecified atom stereocenters. The van der Waals surface area contributed by atoms with Gasteiger partial charge < -0.3 is 14.8 Å². The van der Waals surface area contributed by atoms with Gasteiger partial charge in [-0.1, -0.05) is 12.1 Å². The van der Waals surface area contributed by atoms with Gasteiger partial charge in [0.25, 0.3) is 5.91 Å². The number of hydrogen-bond acceptors (Lipinski definition) is 4. The monoisotopic (exact) mass is 469 g/mol. The first-order valence-corrected chi connectivity index (χ1v) is 9.79. The number of halogens is 5. The van der Waals surface area contributed by atoms with Crippen LogP contribution in [0.5, 0.6) is 5.75 Å². The molecule has 0 saturated heterocycles. The predicted octanol–water partition coefficient (Wildman–Crippen LogP) is 4.90. The summed E-state index contributed by atoms with van der Waals surface area (Å²) in [6.07, 6.45) is -2.77. The highest BCUT2D eigenvalue weighted by atomic mass is 19.4. The van der Waals surface area contributed by atoms with E-state index in [4.69, 9.17) is 9.47 Å². The van der Waals surface area contributed by atoms with Crippen molar-refractivity contribution >= 4 is 11.7 Å². The van der Waals surface area contributed by atoms with Crippen LogP contribution < -0.4 is 10.1 Å². The molecule has 0 aliphatic rings. The van der Waals surface area contributed by atoms with Crippen LogP contribution in [-0.2, 0) is 17.5 Å². The SMILES string of the molecule is COCCCOc1ccc(Cn2ccc(NC(=O)c3c(F)cccc3F)n2)c(C(F)(F)F)c1. The number of nitrogens with zero attached hydrogens (tertiary/aromatic N) is 2. The minimum absolute atomic E-state index is 0.0718. The Balaban J connectivity index is 1.74. The van der Waals surface area contributed by atoms with Crippen molar-refractivity contribution in [2.45, 2.75) is 19.1 Å². The summed E-state index contributed by atoms with van der Waals surface area (Å²) in [6, 6.07) is 7.89. The summed E-state index contributed by atoms with van der Waals surface area (Å²) in [4.78, 5) is 12.2. The molecule has 0 spiro atoms. The maximum Gasteiger partial charge on any atom is 0.416 e. The molecule has 1 aromatic heterocycles. The lowest BCUT2D eigenvalue weighted by atomic mass is 10.1. The van der Waals surface area contributed by atoms with Crippen molar-refractivity contribution in [3.63, 3.8) is 0 Å². The molecular formula is C22H20F5N3O3. The van der Waals surface area contributed by atoms with Crippen LogP contribution in [0.3, 0.4) is 0 Å². The number of methoxy groups -OCH3 is 1. The molecule has 1 heterocycles. The second kappa shape index (κ2) is 10.4. The lowest BCUT2D eigenvalue weighted by molar-refractivity contribution is -0.138. The van der Waals surface area contributed by atoms with Crippen molar-refractivity contribution in [2.75, 3.05) is 25.6 Å². The van der Waals surface area contributed by atoms with Gasteiger partial charge >= 0.3 is 6.18 Å². The lowest BCUT2D eigenvalue weighted by Crippen LogP contribution is -2.17. The minimum Gasteiger partial charge on any atom is -0.493 e. The Hall–Kier alpha value is -3.47. The maximum atomic E-state index is 13.8. The number of aromatic nitrogens is 2.